The molecule has 0 aromatic carbocycles. The third-order valence-corrected chi connectivity index (χ3v) is 1.88. The SMILES string of the molecule is COC(=O)[C@@]1(C)OCC[C@@H](C)O1. The van der Waals surface area contributed by atoms with Crippen LogP contribution >= 0.6 is 0 Å². The van der Waals surface area contributed by atoms with Gasteiger partial charge >= 0.3 is 5.97 Å². The third kappa shape index (κ3) is 1.76. The normalized spacial score (nSPS) is 36.1. The van der Waals surface area contributed by atoms with E-state index in [9.17, 15) is 4.79 Å². The minimum absolute atomic E-state index is 0.0443. The molecule has 0 amide bonds. The molecular weight excluding hydrogens is 160 g/mol. The second-order valence-electron chi connectivity index (χ2n) is 3.00. The van der Waals surface area contributed by atoms with Crippen molar-refractivity contribution >= 4 is 5.97 Å². The Morgan fingerprint density at radius 3 is 2.83 bits per heavy atom. The number of carbonyl (C=O) groups excluding carboxylic acids is 1. The minimum Gasteiger partial charge on any atom is -0.465 e. The molecule has 1 fully saturated rings. The van der Waals surface area contributed by atoms with E-state index < -0.39 is 11.8 Å². The van der Waals surface area contributed by atoms with Crippen molar-refractivity contribution in [3.63, 3.8) is 0 Å². The summed E-state index contributed by atoms with van der Waals surface area (Å²) in [5, 5.41) is 0. The minimum atomic E-state index is -1.20. The van der Waals surface area contributed by atoms with Gasteiger partial charge < -0.3 is 14.2 Å². The second kappa shape index (κ2) is 3.41. The first-order valence-corrected chi connectivity index (χ1v) is 3.98. The number of rotatable bonds is 1. The zero-order valence-electron chi connectivity index (χ0n) is 7.62. The van der Waals surface area contributed by atoms with Gasteiger partial charge in [0.05, 0.1) is 19.8 Å². The fourth-order valence-corrected chi connectivity index (χ4v) is 1.19. The van der Waals surface area contributed by atoms with Crippen LogP contribution in [0, 0.1) is 0 Å². The standard InChI is InChI=1S/C8H14O4/c1-6-4-5-11-8(2,12-6)7(9)10-3/h6H,4-5H2,1-3H3/t6-,8+/m1/s1. The molecule has 1 aliphatic heterocycles. The van der Waals surface area contributed by atoms with E-state index in [4.69, 9.17) is 9.47 Å². The lowest BCUT2D eigenvalue weighted by Crippen LogP contribution is -2.48. The van der Waals surface area contributed by atoms with E-state index in [0.29, 0.717) is 6.61 Å². The molecule has 0 spiro atoms. The van der Waals surface area contributed by atoms with Gasteiger partial charge in [-0.2, -0.15) is 0 Å². The number of esters is 1. The molecule has 0 aliphatic carbocycles. The van der Waals surface area contributed by atoms with Gasteiger partial charge in [0.2, 0.25) is 0 Å². The predicted octanol–water partition coefficient (Wildman–Crippen LogP) is 0.701. The highest BCUT2D eigenvalue weighted by Gasteiger charge is 2.41. The van der Waals surface area contributed by atoms with Crippen LogP contribution in [-0.2, 0) is 19.0 Å². The van der Waals surface area contributed by atoms with E-state index in [2.05, 4.69) is 4.74 Å². The molecule has 70 valence electrons. The van der Waals surface area contributed by atoms with Crippen molar-refractivity contribution in [3.8, 4) is 0 Å². The molecule has 0 N–H and O–H groups in total. The Morgan fingerprint density at radius 1 is 1.67 bits per heavy atom. The van der Waals surface area contributed by atoms with Crippen LogP contribution in [0.15, 0.2) is 0 Å². The Hall–Kier alpha value is -0.610. The summed E-state index contributed by atoms with van der Waals surface area (Å²) in [6.07, 6.45) is 0.856. The molecule has 0 radical (unpaired) electrons. The molecule has 0 bridgehead atoms. The molecular formula is C8H14O4. The van der Waals surface area contributed by atoms with Gasteiger partial charge in [0, 0.05) is 6.92 Å². The molecule has 0 saturated carbocycles. The van der Waals surface area contributed by atoms with Crippen molar-refractivity contribution in [2.75, 3.05) is 13.7 Å². The monoisotopic (exact) mass is 174 g/mol. The Balaban J connectivity index is 2.63. The highest BCUT2D eigenvalue weighted by molar-refractivity contribution is 5.77. The summed E-state index contributed by atoms with van der Waals surface area (Å²) in [6.45, 7) is 4.02. The van der Waals surface area contributed by atoms with E-state index in [0.717, 1.165) is 6.42 Å². The quantitative estimate of drug-likeness (QED) is 0.549. The Morgan fingerprint density at radius 2 is 2.33 bits per heavy atom. The summed E-state index contributed by atoms with van der Waals surface area (Å²) in [6, 6.07) is 0. The van der Waals surface area contributed by atoms with Gasteiger partial charge in [-0.3, -0.25) is 0 Å². The summed E-state index contributed by atoms with van der Waals surface area (Å²) in [7, 11) is 1.32. The largest absolute Gasteiger partial charge is 0.465 e. The second-order valence-corrected chi connectivity index (χ2v) is 3.00. The highest BCUT2D eigenvalue weighted by atomic mass is 16.7. The van der Waals surface area contributed by atoms with Crippen molar-refractivity contribution in [1.82, 2.24) is 0 Å². The maximum Gasteiger partial charge on any atom is 0.366 e. The van der Waals surface area contributed by atoms with Gasteiger partial charge in [-0.25, -0.2) is 4.79 Å². The maximum absolute atomic E-state index is 11.2. The number of methoxy groups -OCH3 is 1. The fraction of sp³-hybridized carbons (Fsp3) is 0.875. The van der Waals surface area contributed by atoms with Crippen molar-refractivity contribution in [2.24, 2.45) is 0 Å². The van der Waals surface area contributed by atoms with E-state index in [1.165, 1.54) is 7.11 Å². The van der Waals surface area contributed by atoms with Gasteiger partial charge in [-0.05, 0) is 13.3 Å². The van der Waals surface area contributed by atoms with Gasteiger partial charge in [0.25, 0.3) is 5.79 Å². The van der Waals surface area contributed by atoms with Crippen LogP contribution in [-0.4, -0.2) is 31.6 Å². The first kappa shape index (κ1) is 9.48. The van der Waals surface area contributed by atoms with Gasteiger partial charge in [0.1, 0.15) is 0 Å². The topological polar surface area (TPSA) is 44.8 Å². The summed E-state index contributed by atoms with van der Waals surface area (Å²) < 4.78 is 15.1. The van der Waals surface area contributed by atoms with Crippen LogP contribution < -0.4 is 0 Å². The van der Waals surface area contributed by atoms with E-state index in [1.54, 1.807) is 6.92 Å². The molecule has 2 atom stereocenters. The molecule has 0 unspecified atom stereocenters. The van der Waals surface area contributed by atoms with Crippen LogP contribution in [0.1, 0.15) is 20.3 Å². The van der Waals surface area contributed by atoms with Crippen molar-refractivity contribution in [3.05, 3.63) is 0 Å². The highest BCUT2D eigenvalue weighted by Crippen LogP contribution is 2.23. The van der Waals surface area contributed by atoms with Crippen LogP contribution in [0.2, 0.25) is 0 Å². The fourth-order valence-electron chi connectivity index (χ4n) is 1.19. The Labute approximate surface area is 71.8 Å². The van der Waals surface area contributed by atoms with Gasteiger partial charge in [0.15, 0.2) is 0 Å². The lowest BCUT2D eigenvalue weighted by atomic mass is 10.2. The zero-order valence-corrected chi connectivity index (χ0v) is 7.62. The Bertz CT molecular complexity index is 180. The molecule has 1 rings (SSSR count). The zero-order chi connectivity index (χ0) is 9.19. The lowest BCUT2D eigenvalue weighted by Gasteiger charge is -2.34. The van der Waals surface area contributed by atoms with Crippen molar-refractivity contribution in [1.29, 1.82) is 0 Å². The van der Waals surface area contributed by atoms with E-state index in [1.807, 2.05) is 6.92 Å². The molecule has 4 heteroatoms. The van der Waals surface area contributed by atoms with E-state index in [-0.39, 0.29) is 6.10 Å². The van der Waals surface area contributed by atoms with Crippen LogP contribution in [0.5, 0.6) is 0 Å². The number of carbonyl (C=O) groups is 1. The summed E-state index contributed by atoms with van der Waals surface area (Å²) in [5.74, 6) is -1.68. The van der Waals surface area contributed by atoms with Crippen LogP contribution in [0.25, 0.3) is 0 Å². The Kier molecular flexibility index (Phi) is 2.69. The average molecular weight is 174 g/mol. The van der Waals surface area contributed by atoms with E-state index >= 15 is 0 Å². The lowest BCUT2D eigenvalue weighted by molar-refractivity contribution is -0.277. The molecule has 0 aromatic rings. The van der Waals surface area contributed by atoms with Crippen LogP contribution in [0.3, 0.4) is 0 Å². The molecule has 1 heterocycles. The van der Waals surface area contributed by atoms with Gasteiger partial charge in [-0.15, -0.1) is 0 Å². The summed E-state index contributed by atoms with van der Waals surface area (Å²) >= 11 is 0. The molecule has 0 aromatic heterocycles. The first-order valence-electron chi connectivity index (χ1n) is 3.98. The maximum atomic E-state index is 11.2. The van der Waals surface area contributed by atoms with Crippen molar-refractivity contribution in [2.45, 2.75) is 32.2 Å². The van der Waals surface area contributed by atoms with Crippen molar-refractivity contribution < 1.29 is 19.0 Å². The number of hydrogen-bond acceptors (Lipinski definition) is 4. The predicted molar refractivity (Wildman–Crippen MR) is 41.5 cm³/mol. The van der Waals surface area contributed by atoms with Gasteiger partial charge in [-0.1, -0.05) is 0 Å². The molecule has 1 aliphatic rings. The summed E-state index contributed by atoms with van der Waals surface area (Å²) in [5.41, 5.74) is 0. The number of hydrogen-bond donors (Lipinski definition) is 0. The molecule has 1 saturated heterocycles. The smallest absolute Gasteiger partial charge is 0.366 e. The first-order chi connectivity index (χ1) is 5.58. The molecule has 4 nitrogen and oxygen atoms in total. The number of ether oxygens (including phenoxy) is 3. The molecule has 12 heavy (non-hydrogen) atoms. The van der Waals surface area contributed by atoms with Crippen LogP contribution in [0.4, 0.5) is 0 Å². The third-order valence-electron chi connectivity index (χ3n) is 1.88. The average Bonchev–Trinajstić information content (AvgIpc) is 2.02. The summed E-state index contributed by atoms with van der Waals surface area (Å²) in [4.78, 5) is 11.2.